The average molecular weight is 275 g/mol. The molecule has 0 bridgehead atoms. The summed E-state index contributed by atoms with van der Waals surface area (Å²) in [5.41, 5.74) is 5.28. The second kappa shape index (κ2) is 4.08. The van der Waals surface area contributed by atoms with Crippen LogP contribution in [0.1, 0.15) is 30.5 Å². The molecule has 1 amide bonds. The molecule has 0 fully saturated rings. The van der Waals surface area contributed by atoms with Crippen LogP contribution in [0.4, 0.5) is 5.69 Å². The molecule has 2 heteroatoms. The van der Waals surface area contributed by atoms with Crippen molar-refractivity contribution in [2.24, 2.45) is 5.92 Å². The van der Waals surface area contributed by atoms with Crippen LogP contribution >= 0.6 is 0 Å². The Hall–Kier alpha value is -2.35. The quantitative estimate of drug-likeness (QED) is 0.838. The van der Waals surface area contributed by atoms with Gasteiger partial charge in [0, 0.05) is 5.69 Å². The third kappa shape index (κ3) is 1.50. The van der Waals surface area contributed by atoms with Crippen molar-refractivity contribution in [1.82, 2.24) is 0 Å². The van der Waals surface area contributed by atoms with Crippen LogP contribution in [0, 0.1) is 5.92 Å². The second-order valence-corrected chi connectivity index (χ2v) is 6.12. The summed E-state index contributed by atoms with van der Waals surface area (Å²) >= 11 is 0. The van der Waals surface area contributed by atoms with Gasteiger partial charge in [0.2, 0.25) is 5.91 Å². The predicted molar refractivity (Wildman–Crippen MR) is 85.1 cm³/mol. The van der Waals surface area contributed by atoms with Crippen molar-refractivity contribution in [3.05, 3.63) is 71.3 Å². The lowest BCUT2D eigenvalue weighted by atomic mass is 9.66. The number of rotatable bonds is 1. The average Bonchev–Trinajstić information content (AvgIpc) is 2.78. The van der Waals surface area contributed by atoms with Crippen molar-refractivity contribution in [3.63, 3.8) is 0 Å². The van der Waals surface area contributed by atoms with Gasteiger partial charge in [-0.2, -0.15) is 0 Å². The molecule has 104 valence electrons. The van der Waals surface area contributed by atoms with Crippen LogP contribution in [-0.4, -0.2) is 5.91 Å². The zero-order valence-corrected chi connectivity index (χ0v) is 12.2. The summed E-state index contributed by atoms with van der Waals surface area (Å²) in [6, 6.07) is 16.6. The lowest BCUT2D eigenvalue weighted by Gasteiger charge is -2.34. The van der Waals surface area contributed by atoms with Crippen molar-refractivity contribution < 1.29 is 4.79 Å². The number of hydrogen-bond donors (Lipinski definition) is 1. The van der Waals surface area contributed by atoms with E-state index in [0.29, 0.717) is 0 Å². The fraction of sp³-hybridized carbons (Fsp3) is 0.211. The number of hydrogen-bond acceptors (Lipinski definition) is 1. The molecule has 2 atom stereocenters. The van der Waals surface area contributed by atoms with Gasteiger partial charge in [-0.15, -0.1) is 0 Å². The van der Waals surface area contributed by atoms with E-state index in [0.717, 1.165) is 11.3 Å². The van der Waals surface area contributed by atoms with Gasteiger partial charge >= 0.3 is 0 Å². The predicted octanol–water partition coefficient (Wildman–Crippen LogP) is 3.98. The number of carbonyl (C=O) groups is 1. The second-order valence-electron chi connectivity index (χ2n) is 6.12. The van der Waals surface area contributed by atoms with Crippen molar-refractivity contribution >= 4 is 17.2 Å². The van der Waals surface area contributed by atoms with E-state index in [1.165, 1.54) is 16.7 Å². The van der Waals surface area contributed by atoms with E-state index in [1.807, 2.05) is 18.2 Å². The molecule has 1 aliphatic carbocycles. The van der Waals surface area contributed by atoms with Gasteiger partial charge in [0.15, 0.2) is 0 Å². The molecule has 0 aromatic heterocycles. The summed E-state index contributed by atoms with van der Waals surface area (Å²) in [7, 11) is 0. The Morgan fingerprint density at radius 2 is 1.81 bits per heavy atom. The summed E-state index contributed by atoms with van der Waals surface area (Å²) in [6.45, 7) is 4.19. The molecule has 0 unspecified atom stereocenters. The van der Waals surface area contributed by atoms with Gasteiger partial charge < -0.3 is 5.32 Å². The molecule has 1 aliphatic heterocycles. The molecular weight excluding hydrogens is 258 g/mol. The minimum atomic E-state index is -0.454. The molecule has 2 aromatic carbocycles. The van der Waals surface area contributed by atoms with E-state index >= 15 is 0 Å². The topological polar surface area (TPSA) is 29.1 Å². The maximum atomic E-state index is 12.5. The molecule has 1 N–H and O–H groups in total. The highest BCUT2D eigenvalue weighted by Gasteiger charge is 2.49. The van der Waals surface area contributed by atoms with Crippen LogP contribution in [0.2, 0.25) is 0 Å². The molecule has 0 spiro atoms. The Kier molecular flexibility index (Phi) is 2.41. The summed E-state index contributed by atoms with van der Waals surface area (Å²) in [6.07, 6.45) is 2.24. The number of carbonyl (C=O) groups excluding carboxylic acids is 1. The van der Waals surface area contributed by atoms with E-state index < -0.39 is 5.41 Å². The third-order valence-corrected chi connectivity index (χ3v) is 5.01. The van der Waals surface area contributed by atoms with Gasteiger partial charge in [0.05, 0.1) is 5.41 Å². The van der Waals surface area contributed by atoms with Crippen molar-refractivity contribution in [1.29, 1.82) is 0 Å². The summed E-state index contributed by atoms with van der Waals surface area (Å²) in [4.78, 5) is 12.5. The van der Waals surface area contributed by atoms with Gasteiger partial charge in [-0.25, -0.2) is 0 Å². The van der Waals surface area contributed by atoms with Crippen LogP contribution in [-0.2, 0) is 10.2 Å². The van der Waals surface area contributed by atoms with Crippen LogP contribution in [0.5, 0.6) is 0 Å². The summed E-state index contributed by atoms with van der Waals surface area (Å²) in [5, 5.41) is 3.05. The first-order valence-electron chi connectivity index (χ1n) is 7.35. The first-order valence-corrected chi connectivity index (χ1v) is 7.35. The number of allylic oxidation sites excluding steroid dienone is 1. The molecule has 2 nitrogen and oxygen atoms in total. The number of nitrogens with one attached hydrogen (secondary N) is 1. The van der Waals surface area contributed by atoms with Crippen LogP contribution < -0.4 is 5.32 Å². The molecule has 0 saturated carbocycles. The molecule has 2 aromatic rings. The first-order chi connectivity index (χ1) is 10.1. The zero-order chi connectivity index (χ0) is 14.6. The Labute approximate surface area is 124 Å². The number of amides is 1. The Morgan fingerprint density at radius 1 is 1.05 bits per heavy atom. The van der Waals surface area contributed by atoms with Crippen molar-refractivity contribution in [3.8, 4) is 0 Å². The van der Waals surface area contributed by atoms with Gasteiger partial charge in [-0.1, -0.05) is 55.5 Å². The largest absolute Gasteiger partial charge is 0.325 e. The Bertz CT molecular complexity index is 775. The van der Waals surface area contributed by atoms with Crippen LogP contribution in [0.3, 0.4) is 0 Å². The van der Waals surface area contributed by atoms with Crippen LogP contribution in [0.15, 0.2) is 54.6 Å². The van der Waals surface area contributed by atoms with Crippen molar-refractivity contribution in [2.75, 3.05) is 5.32 Å². The third-order valence-electron chi connectivity index (χ3n) is 5.01. The minimum Gasteiger partial charge on any atom is -0.325 e. The molecule has 0 saturated heterocycles. The minimum absolute atomic E-state index is 0.112. The van der Waals surface area contributed by atoms with Gasteiger partial charge in [0.1, 0.15) is 0 Å². The van der Waals surface area contributed by atoms with E-state index in [2.05, 4.69) is 55.6 Å². The fourth-order valence-corrected chi connectivity index (χ4v) is 3.62. The lowest BCUT2D eigenvalue weighted by molar-refractivity contribution is -0.121. The van der Waals surface area contributed by atoms with Crippen molar-refractivity contribution in [2.45, 2.75) is 19.3 Å². The number of benzene rings is 2. The SMILES string of the molecule is C[C@H]1C=C(c2ccccc2)c2cccc3c2[C@@]1(C)C(=O)N3. The molecule has 2 aliphatic rings. The summed E-state index contributed by atoms with van der Waals surface area (Å²) < 4.78 is 0. The molecule has 1 heterocycles. The zero-order valence-electron chi connectivity index (χ0n) is 12.2. The maximum Gasteiger partial charge on any atom is 0.235 e. The van der Waals surface area contributed by atoms with Gasteiger partial charge in [-0.3, -0.25) is 4.79 Å². The summed E-state index contributed by atoms with van der Waals surface area (Å²) in [5.74, 6) is 0.282. The van der Waals surface area contributed by atoms with Gasteiger partial charge in [0.25, 0.3) is 0 Å². The monoisotopic (exact) mass is 275 g/mol. The standard InChI is InChI=1S/C19H17NO/c1-12-11-15(13-7-4-3-5-8-13)14-9-6-10-16-17(14)19(12,2)18(21)20-16/h3-12H,1-2H3,(H,20,21)/t12-,19-/m0/s1. The van der Waals surface area contributed by atoms with E-state index in [4.69, 9.17) is 0 Å². The number of anilines is 1. The highest BCUT2D eigenvalue weighted by atomic mass is 16.2. The van der Waals surface area contributed by atoms with E-state index in [-0.39, 0.29) is 11.8 Å². The van der Waals surface area contributed by atoms with Gasteiger partial charge in [-0.05, 0) is 41.2 Å². The normalized spacial score (nSPS) is 26.1. The Balaban J connectivity index is 2.02. The van der Waals surface area contributed by atoms with E-state index in [1.54, 1.807) is 0 Å². The fourth-order valence-electron chi connectivity index (χ4n) is 3.62. The first kappa shape index (κ1) is 12.4. The van der Waals surface area contributed by atoms with E-state index in [9.17, 15) is 4.79 Å². The molecular formula is C19H17NO. The lowest BCUT2D eigenvalue weighted by Crippen LogP contribution is -2.39. The maximum absolute atomic E-state index is 12.5. The molecule has 21 heavy (non-hydrogen) atoms. The molecule has 0 radical (unpaired) electrons. The highest BCUT2D eigenvalue weighted by Crippen LogP contribution is 2.51. The highest BCUT2D eigenvalue weighted by molar-refractivity contribution is 6.09. The Morgan fingerprint density at radius 3 is 2.57 bits per heavy atom. The smallest absolute Gasteiger partial charge is 0.235 e. The molecule has 4 rings (SSSR count). The van der Waals surface area contributed by atoms with Crippen LogP contribution in [0.25, 0.3) is 5.57 Å².